The third kappa shape index (κ3) is 3.76. The first kappa shape index (κ1) is 13.6. The average Bonchev–Trinajstić information content (AvgIpc) is 2.71. The molecule has 0 atom stereocenters. The van der Waals surface area contributed by atoms with Gasteiger partial charge in [0.2, 0.25) is 0 Å². The zero-order valence-corrected chi connectivity index (χ0v) is 10.8. The van der Waals surface area contributed by atoms with Gasteiger partial charge in [-0.15, -0.1) is 11.3 Å². The van der Waals surface area contributed by atoms with E-state index in [1.165, 1.54) is 23.5 Å². The Balaban J connectivity index is 0.000000379. The van der Waals surface area contributed by atoms with Crippen molar-refractivity contribution in [1.82, 2.24) is 9.88 Å². The van der Waals surface area contributed by atoms with Crippen LogP contribution in [0.15, 0.2) is 5.51 Å². The highest BCUT2D eigenvalue weighted by Gasteiger charge is 2.14. The molecular weight excluding hydrogens is 192 g/mol. The Morgan fingerprint density at radius 2 is 1.93 bits per heavy atom. The lowest BCUT2D eigenvalue weighted by Crippen LogP contribution is -2.25. The fraction of sp³-hybridized carbons (Fsp3) is 0.727. The van der Waals surface area contributed by atoms with Crippen molar-refractivity contribution in [3.63, 3.8) is 0 Å². The van der Waals surface area contributed by atoms with E-state index in [2.05, 4.69) is 16.9 Å². The molecule has 0 spiro atoms. The van der Waals surface area contributed by atoms with Crippen LogP contribution in [-0.2, 0) is 13.0 Å². The van der Waals surface area contributed by atoms with Gasteiger partial charge in [-0.3, -0.25) is 0 Å². The summed E-state index contributed by atoms with van der Waals surface area (Å²) in [4.78, 5) is 8.08. The number of thiazole rings is 1. The second-order valence-electron chi connectivity index (χ2n) is 2.71. The van der Waals surface area contributed by atoms with Gasteiger partial charge in [0.1, 0.15) is 0 Å². The van der Waals surface area contributed by atoms with E-state index in [4.69, 9.17) is 0 Å². The molecule has 2 heterocycles. The summed E-state index contributed by atoms with van der Waals surface area (Å²) in [5.41, 5.74) is 3.24. The van der Waals surface area contributed by atoms with E-state index in [1.54, 1.807) is 11.3 Å². The highest BCUT2D eigenvalue weighted by molar-refractivity contribution is 7.09. The van der Waals surface area contributed by atoms with E-state index in [0.29, 0.717) is 0 Å². The van der Waals surface area contributed by atoms with Crippen molar-refractivity contribution in [3.8, 4) is 0 Å². The van der Waals surface area contributed by atoms with Crippen LogP contribution in [0.1, 0.15) is 38.3 Å². The Morgan fingerprint density at radius 3 is 2.57 bits per heavy atom. The Bertz CT molecular complexity index is 233. The molecule has 0 aliphatic carbocycles. The molecule has 0 saturated carbocycles. The van der Waals surface area contributed by atoms with Gasteiger partial charge in [-0.2, -0.15) is 0 Å². The monoisotopic (exact) mass is 214 g/mol. The van der Waals surface area contributed by atoms with Gasteiger partial charge in [-0.25, -0.2) is 4.98 Å². The molecule has 0 unspecified atom stereocenters. The largest absolute Gasteiger partial charge is 0.300 e. The molecule has 3 heteroatoms. The summed E-state index contributed by atoms with van der Waals surface area (Å²) >= 11 is 1.79. The summed E-state index contributed by atoms with van der Waals surface area (Å²) in [5, 5.41) is 0. The second kappa shape index (κ2) is 7.94. The van der Waals surface area contributed by atoms with Crippen molar-refractivity contribution in [2.75, 3.05) is 13.6 Å². The number of fused-ring (bicyclic) bond motifs is 1. The second-order valence-corrected chi connectivity index (χ2v) is 3.65. The van der Waals surface area contributed by atoms with Crippen molar-refractivity contribution >= 4 is 11.3 Å². The third-order valence-electron chi connectivity index (χ3n) is 1.87. The molecule has 2 rings (SSSR count). The van der Waals surface area contributed by atoms with E-state index in [9.17, 15) is 0 Å². The van der Waals surface area contributed by atoms with Crippen LogP contribution >= 0.6 is 11.3 Å². The predicted molar refractivity (Wildman–Crippen MR) is 64.8 cm³/mol. The average molecular weight is 214 g/mol. The predicted octanol–water partition coefficient (Wildman–Crippen LogP) is 3.18. The number of rotatable bonds is 0. The molecule has 0 amide bonds. The summed E-state index contributed by atoms with van der Waals surface area (Å²) in [5.74, 6) is 0. The molecular formula is C11H22N2S. The van der Waals surface area contributed by atoms with Gasteiger partial charge in [0.25, 0.3) is 0 Å². The molecule has 1 aliphatic rings. The zero-order valence-electron chi connectivity index (χ0n) is 10.0. The number of aromatic nitrogens is 1. The van der Waals surface area contributed by atoms with E-state index in [1.807, 2.05) is 33.2 Å². The van der Waals surface area contributed by atoms with E-state index in [0.717, 1.165) is 6.54 Å². The summed E-state index contributed by atoms with van der Waals surface area (Å²) in [7, 11) is 2.14. The molecule has 0 fully saturated rings. The molecule has 1 aliphatic heterocycles. The van der Waals surface area contributed by atoms with E-state index >= 15 is 0 Å². The van der Waals surface area contributed by atoms with Crippen LogP contribution in [0.3, 0.4) is 0 Å². The molecule has 0 saturated heterocycles. The summed E-state index contributed by atoms with van der Waals surface area (Å²) in [6, 6.07) is 0. The summed E-state index contributed by atoms with van der Waals surface area (Å²) in [6.45, 7) is 10.2. The first-order valence-corrected chi connectivity index (χ1v) is 6.34. The maximum Gasteiger partial charge on any atom is 0.0798 e. The Labute approximate surface area is 92.0 Å². The van der Waals surface area contributed by atoms with Crippen molar-refractivity contribution in [1.29, 1.82) is 0 Å². The van der Waals surface area contributed by atoms with Gasteiger partial charge >= 0.3 is 0 Å². The van der Waals surface area contributed by atoms with Crippen LogP contribution in [0.2, 0.25) is 0 Å². The smallest absolute Gasteiger partial charge is 0.0798 e. The molecule has 1 aromatic heterocycles. The van der Waals surface area contributed by atoms with Gasteiger partial charge in [0, 0.05) is 18.0 Å². The molecule has 0 bridgehead atoms. The van der Waals surface area contributed by atoms with Crippen LogP contribution < -0.4 is 0 Å². The minimum atomic E-state index is 1.04. The van der Waals surface area contributed by atoms with E-state index in [-0.39, 0.29) is 0 Å². The van der Waals surface area contributed by atoms with Gasteiger partial charge in [-0.1, -0.05) is 27.7 Å². The number of hydrogen-bond donors (Lipinski definition) is 0. The SMILES string of the molecule is CC.CC.CN1CCc2scnc2C1. The normalized spacial score (nSPS) is 14.4. The highest BCUT2D eigenvalue weighted by atomic mass is 32.1. The van der Waals surface area contributed by atoms with Gasteiger partial charge < -0.3 is 4.90 Å². The third-order valence-corrected chi connectivity index (χ3v) is 2.80. The summed E-state index contributed by atoms with van der Waals surface area (Å²) < 4.78 is 0. The first-order chi connectivity index (χ1) is 6.86. The number of hydrogen-bond acceptors (Lipinski definition) is 3. The minimum Gasteiger partial charge on any atom is -0.300 e. The van der Waals surface area contributed by atoms with Crippen LogP contribution in [0, 0.1) is 0 Å². The molecule has 0 N–H and O–H groups in total. The van der Waals surface area contributed by atoms with Crippen LogP contribution in [0.25, 0.3) is 0 Å². The lowest BCUT2D eigenvalue weighted by Gasteiger charge is -2.20. The molecule has 1 aromatic rings. The standard InChI is InChI=1S/C7H10N2S.2C2H6/c1-9-3-2-7-6(4-9)8-5-10-7;2*1-2/h5H,2-4H2,1H3;2*1-2H3. The molecule has 2 nitrogen and oxygen atoms in total. The number of nitrogens with zero attached hydrogens (tertiary/aromatic N) is 2. The Morgan fingerprint density at radius 1 is 1.29 bits per heavy atom. The molecule has 0 radical (unpaired) electrons. The van der Waals surface area contributed by atoms with Gasteiger partial charge in [0.05, 0.1) is 11.2 Å². The fourth-order valence-corrected chi connectivity index (χ4v) is 2.02. The van der Waals surface area contributed by atoms with Gasteiger partial charge in [0.15, 0.2) is 0 Å². The topological polar surface area (TPSA) is 16.1 Å². The maximum atomic E-state index is 4.28. The lowest BCUT2D eigenvalue weighted by molar-refractivity contribution is 0.311. The maximum absolute atomic E-state index is 4.28. The van der Waals surface area contributed by atoms with E-state index < -0.39 is 0 Å². The van der Waals surface area contributed by atoms with Crippen molar-refractivity contribution < 1.29 is 0 Å². The van der Waals surface area contributed by atoms with Crippen LogP contribution in [0.5, 0.6) is 0 Å². The first-order valence-electron chi connectivity index (χ1n) is 5.46. The number of likely N-dealkylation sites (N-methyl/N-ethyl adjacent to an activating group) is 1. The van der Waals surface area contributed by atoms with Crippen LogP contribution in [0.4, 0.5) is 0 Å². The van der Waals surface area contributed by atoms with Crippen molar-refractivity contribution in [2.24, 2.45) is 0 Å². The minimum absolute atomic E-state index is 1.04. The quantitative estimate of drug-likeness (QED) is 0.659. The van der Waals surface area contributed by atoms with Crippen LogP contribution in [-0.4, -0.2) is 23.5 Å². The highest BCUT2D eigenvalue weighted by Crippen LogP contribution is 2.19. The summed E-state index contributed by atoms with van der Waals surface area (Å²) in [6.07, 6.45) is 1.19. The Kier molecular flexibility index (Phi) is 7.71. The lowest BCUT2D eigenvalue weighted by atomic mass is 10.2. The fourth-order valence-electron chi connectivity index (χ4n) is 1.25. The van der Waals surface area contributed by atoms with Crippen molar-refractivity contribution in [2.45, 2.75) is 40.7 Å². The zero-order chi connectivity index (χ0) is 11.0. The molecule has 14 heavy (non-hydrogen) atoms. The van der Waals surface area contributed by atoms with Crippen molar-refractivity contribution in [3.05, 3.63) is 16.1 Å². The molecule has 82 valence electrons. The Hall–Kier alpha value is -0.410. The molecule has 0 aromatic carbocycles. The van der Waals surface area contributed by atoms with Gasteiger partial charge in [-0.05, 0) is 13.5 Å².